The molecule has 0 aromatic carbocycles. The number of phosphoric acid groups is 2. The Morgan fingerprint density at radius 3 is 0.704 bits per heavy atom. The van der Waals surface area contributed by atoms with Crippen LogP contribution >= 0.6 is 15.6 Å². The Hall–Kier alpha value is -2.46. The molecule has 0 radical (unpaired) electrons. The molecule has 3 N–H and O–H groups in total. The largest absolute Gasteiger partial charge is 0.472 e. The SMILES string of the molecule is CCCCCCCC/C=C\CCCCCCCC(=O)OC[C@H](COP(=O)(O)OC[C@H](O)COP(=O)(O)OC[C@@H](COC(=O)CCCCCCCCCCCCCCC)OC(=O)CCCCCCC/C=C\CCCCCCCC)OC(=O)CCCCCCCCCCCCCCCCC. The zero-order valence-electron chi connectivity index (χ0n) is 63.2. The molecule has 0 rings (SSSR count). The Kier molecular flexibility index (Phi) is 71.0. The molecular weight excluding hydrogens is 1280 g/mol. The molecule has 0 aromatic heterocycles. The molecule has 0 saturated carbocycles. The van der Waals surface area contributed by atoms with E-state index in [0.717, 1.165) is 122 Å². The number of aliphatic hydroxyl groups is 1. The lowest BCUT2D eigenvalue weighted by Crippen LogP contribution is -2.30. The van der Waals surface area contributed by atoms with E-state index in [1.807, 2.05) is 0 Å². The summed E-state index contributed by atoms with van der Waals surface area (Å²) >= 11 is 0. The van der Waals surface area contributed by atoms with E-state index in [-0.39, 0.29) is 25.7 Å². The van der Waals surface area contributed by atoms with E-state index < -0.39 is 97.5 Å². The molecule has 0 amide bonds. The Balaban J connectivity index is 5.30. The maximum Gasteiger partial charge on any atom is 0.472 e. The van der Waals surface area contributed by atoms with Crippen LogP contribution in [0, 0.1) is 0 Å². The highest BCUT2D eigenvalue weighted by Gasteiger charge is 2.30. The van der Waals surface area contributed by atoms with E-state index >= 15 is 0 Å². The third kappa shape index (κ3) is 71.9. The second-order valence-electron chi connectivity index (χ2n) is 27.7. The molecule has 2 unspecified atom stereocenters. The smallest absolute Gasteiger partial charge is 0.462 e. The van der Waals surface area contributed by atoms with E-state index in [1.165, 1.54) is 199 Å². The molecule has 0 aliphatic rings. The van der Waals surface area contributed by atoms with Gasteiger partial charge in [0, 0.05) is 25.7 Å². The Bertz CT molecular complexity index is 1950. The summed E-state index contributed by atoms with van der Waals surface area (Å²) in [5.41, 5.74) is 0. The zero-order chi connectivity index (χ0) is 71.8. The Morgan fingerprint density at radius 2 is 0.469 bits per heavy atom. The summed E-state index contributed by atoms with van der Waals surface area (Å²) < 4.78 is 68.6. The maximum absolute atomic E-state index is 13.1. The van der Waals surface area contributed by atoms with Crippen LogP contribution in [-0.2, 0) is 65.4 Å². The average Bonchev–Trinajstić information content (AvgIpc) is 1.04. The van der Waals surface area contributed by atoms with Gasteiger partial charge in [-0.25, -0.2) is 9.13 Å². The monoisotopic (exact) mass is 1430 g/mol. The first kappa shape index (κ1) is 95.5. The normalized spacial score (nSPS) is 14.0. The molecular formula is C79H150O17P2. The fourth-order valence-electron chi connectivity index (χ4n) is 11.7. The number of hydrogen-bond acceptors (Lipinski definition) is 15. The Morgan fingerprint density at radius 1 is 0.276 bits per heavy atom. The second-order valence-corrected chi connectivity index (χ2v) is 30.6. The van der Waals surface area contributed by atoms with Crippen molar-refractivity contribution in [3.8, 4) is 0 Å². The predicted molar refractivity (Wildman–Crippen MR) is 400 cm³/mol. The molecule has 578 valence electrons. The number of carbonyl (C=O) groups is 4. The minimum Gasteiger partial charge on any atom is -0.462 e. The van der Waals surface area contributed by atoms with E-state index in [2.05, 4.69) is 52.0 Å². The van der Waals surface area contributed by atoms with Crippen molar-refractivity contribution in [2.24, 2.45) is 0 Å². The number of hydrogen-bond donors (Lipinski definition) is 3. The minimum absolute atomic E-state index is 0.0938. The van der Waals surface area contributed by atoms with Crippen molar-refractivity contribution in [3.05, 3.63) is 24.3 Å². The van der Waals surface area contributed by atoms with Crippen LogP contribution in [-0.4, -0.2) is 96.7 Å². The standard InChI is InChI=1S/C79H150O17P2/c1-5-9-13-17-21-25-29-33-36-40-44-48-52-56-60-64-77(82)90-70-75(96-79(84)66-62-58-54-50-46-42-38-35-31-27-23-19-15-11-7-3)72-94-98(87,88)92-68-73(80)67-91-97(85,86)93-71-74(69-89-76(81)63-59-55-51-47-43-39-32-28-24-20-16-12-8-4)95-78(83)65-61-57-53-49-45-41-37-34-30-26-22-18-14-10-6-2/h33-34,36-37,73-75,80H,5-32,35,38-72H2,1-4H3,(H,85,86)(H,87,88)/b36-33-,37-34-/t73-,74-,75-/m1/s1. The van der Waals surface area contributed by atoms with Crippen LogP contribution in [0.4, 0.5) is 0 Å². The third-order valence-corrected chi connectivity index (χ3v) is 19.8. The maximum atomic E-state index is 13.1. The molecule has 98 heavy (non-hydrogen) atoms. The molecule has 0 fully saturated rings. The van der Waals surface area contributed by atoms with Crippen molar-refractivity contribution in [1.29, 1.82) is 0 Å². The number of aliphatic hydroxyl groups excluding tert-OH is 1. The van der Waals surface area contributed by atoms with Crippen molar-refractivity contribution in [2.75, 3.05) is 39.6 Å². The van der Waals surface area contributed by atoms with Gasteiger partial charge in [-0.1, -0.05) is 322 Å². The van der Waals surface area contributed by atoms with Crippen molar-refractivity contribution >= 4 is 39.5 Å². The summed E-state index contributed by atoms with van der Waals surface area (Å²) in [5.74, 6) is -2.14. The first-order valence-corrected chi connectivity index (χ1v) is 43.6. The van der Waals surface area contributed by atoms with Gasteiger partial charge in [0.1, 0.15) is 19.3 Å². The van der Waals surface area contributed by atoms with Gasteiger partial charge in [0.05, 0.1) is 26.4 Å². The summed E-state index contributed by atoms with van der Waals surface area (Å²) in [6, 6.07) is 0. The average molecular weight is 1430 g/mol. The molecule has 0 heterocycles. The lowest BCUT2D eigenvalue weighted by molar-refractivity contribution is -0.161. The van der Waals surface area contributed by atoms with Crippen LogP contribution in [0.1, 0.15) is 400 Å². The van der Waals surface area contributed by atoms with Gasteiger partial charge in [-0.15, -0.1) is 0 Å². The number of unbranched alkanes of at least 4 members (excludes halogenated alkanes) is 48. The van der Waals surface area contributed by atoms with E-state index in [9.17, 15) is 43.2 Å². The van der Waals surface area contributed by atoms with Gasteiger partial charge in [0.25, 0.3) is 0 Å². The lowest BCUT2D eigenvalue weighted by Gasteiger charge is -2.21. The van der Waals surface area contributed by atoms with Crippen LogP contribution in [0.5, 0.6) is 0 Å². The fourth-order valence-corrected chi connectivity index (χ4v) is 13.3. The van der Waals surface area contributed by atoms with E-state index in [4.69, 9.17) is 37.0 Å². The summed E-state index contributed by atoms with van der Waals surface area (Å²) in [5, 5.41) is 10.6. The fraction of sp³-hybridized carbons (Fsp3) is 0.899. The van der Waals surface area contributed by atoms with Crippen molar-refractivity contribution in [3.63, 3.8) is 0 Å². The molecule has 19 heteroatoms. The van der Waals surface area contributed by atoms with Gasteiger partial charge in [-0.2, -0.15) is 0 Å². The molecule has 0 bridgehead atoms. The highest BCUT2D eigenvalue weighted by Crippen LogP contribution is 2.45. The van der Waals surface area contributed by atoms with Crippen molar-refractivity contribution < 1.29 is 80.2 Å². The molecule has 17 nitrogen and oxygen atoms in total. The van der Waals surface area contributed by atoms with Gasteiger partial charge < -0.3 is 33.8 Å². The number of rotatable bonds is 78. The predicted octanol–water partition coefficient (Wildman–Crippen LogP) is 23.3. The summed E-state index contributed by atoms with van der Waals surface area (Å²) in [6.45, 7) is 4.96. The first-order chi connectivity index (χ1) is 47.7. The van der Waals surface area contributed by atoms with Crippen LogP contribution < -0.4 is 0 Å². The number of carbonyl (C=O) groups excluding carboxylic acids is 4. The highest BCUT2D eigenvalue weighted by atomic mass is 31.2. The topological polar surface area (TPSA) is 237 Å². The summed E-state index contributed by atoms with van der Waals surface area (Å²) in [7, 11) is -9.93. The quantitative estimate of drug-likeness (QED) is 0.0169. The number of allylic oxidation sites excluding steroid dienone is 4. The first-order valence-electron chi connectivity index (χ1n) is 40.6. The van der Waals surface area contributed by atoms with E-state index in [0.29, 0.717) is 25.7 Å². The molecule has 0 aliphatic heterocycles. The van der Waals surface area contributed by atoms with Gasteiger partial charge >= 0.3 is 39.5 Å². The Labute approximate surface area is 599 Å². The number of phosphoric ester groups is 2. The molecule has 0 aliphatic carbocycles. The number of esters is 4. The zero-order valence-corrected chi connectivity index (χ0v) is 65.0. The third-order valence-electron chi connectivity index (χ3n) is 17.9. The van der Waals surface area contributed by atoms with Gasteiger partial charge in [0.15, 0.2) is 12.2 Å². The van der Waals surface area contributed by atoms with Gasteiger partial charge in [-0.05, 0) is 77.0 Å². The molecule has 5 atom stereocenters. The molecule has 0 saturated heterocycles. The van der Waals surface area contributed by atoms with Crippen LogP contribution in [0.3, 0.4) is 0 Å². The second kappa shape index (κ2) is 72.9. The van der Waals surface area contributed by atoms with Crippen molar-refractivity contribution in [1.82, 2.24) is 0 Å². The summed E-state index contributed by atoms with van der Waals surface area (Å²) in [6.07, 6.45) is 67.2. The van der Waals surface area contributed by atoms with Crippen LogP contribution in [0.15, 0.2) is 24.3 Å². The van der Waals surface area contributed by atoms with E-state index in [1.54, 1.807) is 0 Å². The number of ether oxygens (including phenoxy) is 4. The van der Waals surface area contributed by atoms with Gasteiger partial charge in [0.2, 0.25) is 0 Å². The lowest BCUT2D eigenvalue weighted by atomic mass is 10.0. The molecule has 0 aromatic rings. The highest BCUT2D eigenvalue weighted by molar-refractivity contribution is 7.47. The minimum atomic E-state index is -4.96. The van der Waals surface area contributed by atoms with Gasteiger partial charge in [-0.3, -0.25) is 37.3 Å². The van der Waals surface area contributed by atoms with Crippen LogP contribution in [0.25, 0.3) is 0 Å². The van der Waals surface area contributed by atoms with Crippen LogP contribution in [0.2, 0.25) is 0 Å². The molecule has 0 spiro atoms. The van der Waals surface area contributed by atoms with Crippen molar-refractivity contribution in [2.45, 2.75) is 418 Å². The summed E-state index contributed by atoms with van der Waals surface area (Å²) in [4.78, 5) is 73.0.